The Labute approximate surface area is 161 Å². The molecule has 7 nitrogen and oxygen atoms in total. The van der Waals surface area contributed by atoms with Crippen molar-refractivity contribution in [3.63, 3.8) is 0 Å². The number of ether oxygens (including phenoxy) is 2. The first kappa shape index (κ1) is 17.8. The van der Waals surface area contributed by atoms with Crippen LogP contribution in [-0.4, -0.2) is 72.3 Å². The molecule has 0 radical (unpaired) electrons. The summed E-state index contributed by atoms with van der Waals surface area (Å²) >= 11 is 0. The minimum atomic E-state index is -2.65. The SMILES string of the molecule is CN1CC(F)(F)CC12CN(c1c(OC3CCOC3)ccc3ncnc(N)c13)C2. The highest BCUT2D eigenvalue weighted by Gasteiger charge is 2.59. The summed E-state index contributed by atoms with van der Waals surface area (Å²) in [6.45, 7) is 1.99. The molecule has 1 atom stereocenters. The number of fused-ring (bicyclic) bond motifs is 1. The molecule has 1 aromatic heterocycles. The van der Waals surface area contributed by atoms with E-state index in [0.717, 1.165) is 12.1 Å². The summed E-state index contributed by atoms with van der Waals surface area (Å²) in [6.07, 6.45) is 2.08. The number of anilines is 2. The second-order valence-electron chi connectivity index (χ2n) is 8.14. The van der Waals surface area contributed by atoms with Crippen molar-refractivity contribution in [1.29, 1.82) is 0 Å². The topological polar surface area (TPSA) is 76.7 Å². The molecule has 3 aliphatic heterocycles. The normalized spacial score (nSPS) is 26.1. The van der Waals surface area contributed by atoms with Gasteiger partial charge < -0.3 is 20.1 Å². The smallest absolute Gasteiger partial charge is 0.262 e. The summed E-state index contributed by atoms with van der Waals surface area (Å²) in [5.41, 5.74) is 7.15. The molecule has 0 amide bonds. The average molecular weight is 391 g/mol. The van der Waals surface area contributed by atoms with E-state index in [4.69, 9.17) is 15.2 Å². The number of alkyl halides is 2. The highest BCUT2D eigenvalue weighted by atomic mass is 19.3. The summed E-state index contributed by atoms with van der Waals surface area (Å²) in [5, 5.41) is 0.709. The molecule has 0 saturated carbocycles. The van der Waals surface area contributed by atoms with Gasteiger partial charge in [0.2, 0.25) is 0 Å². The van der Waals surface area contributed by atoms with Crippen LogP contribution in [0.25, 0.3) is 10.9 Å². The highest BCUT2D eigenvalue weighted by Crippen LogP contribution is 2.49. The molecule has 1 aromatic carbocycles. The lowest BCUT2D eigenvalue weighted by molar-refractivity contribution is 0.0117. The maximum atomic E-state index is 14.0. The fourth-order valence-corrected chi connectivity index (χ4v) is 4.70. The summed E-state index contributed by atoms with van der Waals surface area (Å²) < 4.78 is 39.6. The lowest BCUT2D eigenvalue weighted by atomic mass is 9.85. The number of nitrogens with zero attached hydrogens (tertiary/aromatic N) is 4. The molecule has 5 rings (SSSR count). The van der Waals surface area contributed by atoms with E-state index in [1.807, 2.05) is 12.1 Å². The van der Waals surface area contributed by atoms with Crippen LogP contribution >= 0.6 is 0 Å². The molecular weight excluding hydrogens is 368 g/mol. The van der Waals surface area contributed by atoms with Gasteiger partial charge in [-0.3, -0.25) is 4.90 Å². The number of aromatic nitrogens is 2. The molecule has 2 N–H and O–H groups in total. The van der Waals surface area contributed by atoms with Gasteiger partial charge in [0.15, 0.2) is 0 Å². The summed E-state index contributed by atoms with van der Waals surface area (Å²) in [4.78, 5) is 12.3. The van der Waals surface area contributed by atoms with E-state index >= 15 is 0 Å². The Balaban J connectivity index is 1.52. The minimum absolute atomic E-state index is 0.0317. The first-order valence-electron chi connectivity index (χ1n) is 9.49. The molecule has 1 spiro atoms. The van der Waals surface area contributed by atoms with Crippen LogP contribution < -0.4 is 15.4 Å². The average Bonchev–Trinajstić information content (AvgIpc) is 3.19. The number of hydrogen-bond donors (Lipinski definition) is 1. The van der Waals surface area contributed by atoms with Gasteiger partial charge in [0.1, 0.15) is 24.0 Å². The van der Waals surface area contributed by atoms with Gasteiger partial charge in [-0.2, -0.15) is 0 Å². The third-order valence-electron chi connectivity index (χ3n) is 6.10. The van der Waals surface area contributed by atoms with Crippen LogP contribution in [-0.2, 0) is 4.74 Å². The number of hydrogen-bond acceptors (Lipinski definition) is 7. The third-order valence-corrected chi connectivity index (χ3v) is 6.10. The summed E-state index contributed by atoms with van der Waals surface area (Å²) in [6, 6.07) is 3.73. The molecule has 28 heavy (non-hydrogen) atoms. The molecular formula is C19H23F2N5O2. The second kappa shape index (κ2) is 6.12. The van der Waals surface area contributed by atoms with Gasteiger partial charge in [-0.15, -0.1) is 0 Å². The second-order valence-corrected chi connectivity index (χ2v) is 8.14. The van der Waals surface area contributed by atoms with Gasteiger partial charge in [-0.05, 0) is 19.2 Å². The van der Waals surface area contributed by atoms with E-state index in [0.29, 0.717) is 48.8 Å². The van der Waals surface area contributed by atoms with Crippen LogP contribution in [0.3, 0.4) is 0 Å². The van der Waals surface area contributed by atoms with E-state index in [9.17, 15) is 8.78 Å². The van der Waals surface area contributed by atoms with Crippen molar-refractivity contribution in [2.75, 3.05) is 50.5 Å². The van der Waals surface area contributed by atoms with E-state index in [1.165, 1.54) is 6.33 Å². The number of nitrogen functional groups attached to an aromatic ring is 1. The van der Waals surface area contributed by atoms with Crippen molar-refractivity contribution in [3.8, 4) is 5.75 Å². The van der Waals surface area contributed by atoms with Crippen LogP contribution in [0.15, 0.2) is 18.5 Å². The molecule has 4 heterocycles. The molecule has 3 fully saturated rings. The summed E-state index contributed by atoms with van der Waals surface area (Å²) in [7, 11) is 1.77. The van der Waals surface area contributed by atoms with Gasteiger partial charge in [-0.1, -0.05) is 0 Å². The Morgan fingerprint density at radius 2 is 2.07 bits per heavy atom. The summed E-state index contributed by atoms with van der Waals surface area (Å²) in [5.74, 6) is -1.62. The molecule has 0 aliphatic carbocycles. The van der Waals surface area contributed by atoms with Crippen molar-refractivity contribution in [1.82, 2.24) is 14.9 Å². The van der Waals surface area contributed by atoms with Crippen molar-refractivity contribution in [3.05, 3.63) is 18.5 Å². The Morgan fingerprint density at radius 1 is 1.25 bits per heavy atom. The molecule has 3 saturated heterocycles. The predicted molar refractivity (Wildman–Crippen MR) is 101 cm³/mol. The number of rotatable bonds is 3. The van der Waals surface area contributed by atoms with Gasteiger partial charge in [0, 0.05) is 25.9 Å². The van der Waals surface area contributed by atoms with E-state index in [2.05, 4.69) is 14.9 Å². The van der Waals surface area contributed by atoms with Gasteiger partial charge in [0.25, 0.3) is 5.92 Å². The standard InChI is InChI=1S/C19H23F2N5O2/c1-25-10-19(20,21)7-18(25)8-26(9-18)16-14(28-12-4-5-27-6-12)3-2-13-15(16)17(22)24-11-23-13/h2-3,11-12H,4-10H2,1H3,(H2,22,23,24). The zero-order chi connectivity index (χ0) is 19.5. The van der Waals surface area contributed by atoms with Crippen LogP contribution in [0.5, 0.6) is 5.75 Å². The van der Waals surface area contributed by atoms with Crippen molar-refractivity contribution in [2.45, 2.75) is 30.4 Å². The number of likely N-dealkylation sites (N-methyl/N-ethyl adjacent to an activating group) is 1. The number of halogens is 2. The lowest BCUT2D eigenvalue weighted by Gasteiger charge is -2.53. The van der Waals surface area contributed by atoms with Crippen LogP contribution in [0, 0.1) is 0 Å². The Hall–Kier alpha value is -2.26. The highest BCUT2D eigenvalue weighted by molar-refractivity contribution is 6.02. The molecule has 3 aliphatic rings. The van der Waals surface area contributed by atoms with Crippen molar-refractivity contribution >= 4 is 22.4 Å². The van der Waals surface area contributed by atoms with Crippen LogP contribution in [0.1, 0.15) is 12.8 Å². The fourth-order valence-electron chi connectivity index (χ4n) is 4.70. The molecule has 2 aromatic rings. The van der Waals surface area contributed by atoms with E-state index in [-0.39, 0.29) is 19.1 Å². The molecule has 150 valence electrons. The molecule has 1 unspecified atom stereocenters. The van der Waals surface area contributed by atoms with Crippen molar-refractivity contribution < 1.29 is 18.3 Å². The van der Waals surface area contributed by atoms with Gasteiger partial charge >= 0.3 is 0 Å². The number of benzene rings is 1. The number of nitrogens with two attached hydrogens (primary N) is 1. The van der Waals surface area contributed by atoms with E-state index in [1.54, 1.807) is 11.9 Å². The Morgan fingerprint density at radius 3 is 2.75 bits per heavy atom. The zero-order valence-corrected chi connectivity index (χ0v) is 15.7. The lowest BCUT2D eigenvalue weighted by Crippen LogP contribution is -2.67. The minimum Gasteiger partial charge on any atom is -0.486 e. The maximum Gasteiger partial charge on any atom is 0.262 e. The van der Waals surface area contributed by atoms with Gasteiger partial charge in [-0.25, -0.2) is 18.7 Å². The quantitative estimate of drug-likeness (QED) is 0.856. The first-order chi connectivity index (χ1) is 13.4. The third kappa shape index (κ3) is 2.76. The van der Waals surface area contributed by atoms with Crippen LogP contribution in [0.2, 0.25) is 0 Å². The predicted octanol–water partition coefficient (Wildman–Crippen LogP) is 1.91. The Bertz CT molecular complexity index is 913. The van der Waals surface area contributed by atoms with Crippen LogP contribution in [0.4, 0.5) is 20.3 Å². The number of likely N-dealkylation sites (tertiary alicyclic amines) is 1. The Kier molecular flexibility index (Phi) is 3.89. The molecule has 0 bridgehead atoms. The van der Waals surface area contributed by atoms with E-state index < -0.39 is 11.5 Å². The first-order valence-corrected chi connectivity index (χ1v) is 9.49. The largest absolute Gasteiger partial charge is 0.486 e. The zero-order valence-electron chi connectivity index (χ0n) is 15.7. The maximum absolute atomic E-state index is 14.0. The fraction of sp³-hybridized carbons (Fsp3) is 0.579. The monoisotopic (exact) mass is 391 g/mol. The van der Waals surface area contributed by atoms with Gasteiger partial charge in [0.05, 0.1) is 41.9 Å². The molecule has 9 heteroatoms. The van der Waals surface area contributed by atoms with Crippen molar-refractivity contribution in [2.24, 2.45) is 0 Å².